The highest BCUT2D eigenvalue weighted by Crippen LogP contribution is 2.36. The maximum atomic E-state index is 12.8. The van der Waals surface area contributed by atoms with Crippen molar-refractivity contribution in [2.24, 2.45) is 13.0 Å². The van der Waals surface area contributed by atoms with Crippen molar-refractivity contribution in [3.63, 3.8) is 0 Å². The van der Waals surface area contributed by atoms with Gasteiger partial charge in [-0.1, -0.05) is 37.0 Å². The van der Waals surface area contributed by atoms with Crippen molar-refractivity contribution in [1.82, 2.24) is 9.47 Å². The second-order valence-corrected chi connectivity index (χ2v) is 9.14. The van der Waals surface area contributed by atoms with E-state index >= 15 is 0 Å². The number of nitrogens with zero attached hydrogens (tertiary/aromatic N) is 4. The van der Waals surface area contributed by atoms with E-state index in [1.54, 1.807) is 26.1 Å². The normalized spacial score (nSPS) is 19.2. The first-order valence-electron chi connectivity index (χ1n) is 9.55. The van der Waals surface area contributed by atoms with Gasteiger partial charge in [-0.05, 0) is 37.3 Å². The van der Waals surface area contributed by atoms with E-state index in [1.807, 2.05) is 6.07 Å². The average Bonchev–Trinajstić information content (AvgIpc) is 2.95. The molecule has 0 radical (unpaired) electrons. The smallest absolute Gasteiger partial charge is 0.270 e. The molecule has 152 valence electrons. The van der Waals surface area contributed by atoms with E-state index in [-0.39, 0.29) is 17.0 Å². The largest absolute Gasteiger partial charge is 0.357 e. The first kappa shape index (κ1) is 21.3. The molecule has 3 heterocycles. The number of nitriles is 1. The molecule has 2 fully saturated rings. The molecule has 0 atom stereocenters. The lowest BCUT2D eigenvalue weighted by Gasteiger charge is -2.34. The molecule has 1 aromatic rings. The maximum absolute atomic E-state index is 12.8. The number of thioether (sulfide) groups is 1. The Bertz CT molecular complexity index is 1010. The van der Waals surface area contributed by atoms with Crippen molar-refractivity contribution in [3.8, 4) is 6.07 Å². The fourth-order valence-electron chi connectivity index (χ4n) is 3.73. The summed E-state index contributed by atoms with van der Waals surface area (Å²) in [6.45, 7) is 9.70. The van der Waals surface area contributed by atoms with Gasteiger partial charge in [0, 0.05) is 32.2 Å². The van der Waals surface area contributed by atoms with Gasteiger partial charge in [0.25, 0.3) is 11.5 Å². The van der Waals surface area contributed by atoms with Gasteiger partial charge in [0.1, 0.15) is 21.8 Å². The van der Waals surface area contributed by atoms with Crippen LogP contribution in [0.25, 0.3) is 6.08 Å². The van der Waals surface area contributed by atoms with Crippen LogP contribution in [0.1, 0.15) is 36.5 Å². The number of carbonyl (C=O) groups is 1. The maximum Gasteiger partial charge on any atom is 0.270 e. The highest BCUT2D eigenvalue weighted by atomic mass is 32.2. The zero-order valence-corrected chi connectivity index (χ0v) is 18.5. The molecule has 6 nitrogen and oxygen atoms in total. The third-order valence-electron chi connectivity index (χ3n) is 5.51. The molecular formula is C21H24N4O2S2. The molecule has 0 saturated carbocycles. The van der Waals surface area contributed by atoms with Gasteiger partial charge in [-0.15, -0.1) is 6.58 Å². The quantitative estimate of drug-likeness (QED) is 0.417. The molecule has 2 saturated heterocycles. The highest BCUT2D eigenvalue weighted by Gasteiger charge is 2.32. The summed E-state index contributed by atoms with van der Waals surface area (Å²) in [5, 5.41) is 9.54. The lowest BCUT2D eigenvalue weighted by atomic mass is 9.97. The van der Waals surface area contributed by atoms with Crippen molar-refractivity contribution in [3.05, 3.63) is 44.6 Å². The van der Waals surface area contributed by atoms with Crippen LogP contribution in [0.3, 0.4) is 0 Å². The van der Waals surface area contributed by atoms with Crippen LogP contribution in [0.2, 0.25) is 0 Å². The van der Waals surface area contributed by atoms with E-state index in [0.29, 0.717) is 27.3 Å². The third-order valence-corrected chi connectivity index (χ3v) is 6.89. The van der Waals surface area contributed by atoms with E-state index in [0.717, 1.165) is 37.3 Å². The molecule has 8 heteroatoms. The lowest BCUT2D eigenvalue weighted by molar-refractivity contribution is -0.121. The van der Waals surface area contributed by atoms with Crippen LogP contribution in [0.4, 0.5) is 5.82 Å². The number of rotatable bonds is 4. The van der Waals surface area contributed by atoms with E-state index in [4.69, 9.17) is 12.2 Å². The molecule has 2 aliphatic heterocycles. The number of piperidine rings is 1. The number of amides is 1. The molecule has 1 aromatic heterocycles. The minimum Gasteiger partial charge on any atom is -0.357 e. The molecule has 0 spiro atoms. The van der Waals surface area contributed by atoms with Gasteiger partial charge in [0.2, 0.25) is 0 Å². The fraction of sp³-hybridized carbons (Fsp3) is 0.429. The topological polar surface area (TPSA) is 69.3 Å². The van der Waals surface area contributed by atoms with Crippen molar-refractivity contribution < 1.29 is 4.79 Å². The molecule has 0 aromatic carbocycles. The standard InChI is InChI=1S/C21H24N4O2S2/c1-5-8-25-20(27)17(29-21(25)28)11-15-14(3)16(12-22)19(26)23(4)18(15)24-9-6-13(2)7-10-24/h5,11,13H,1,6-10H2,2-4H3/b17-11-. The summed E-state index contributed by atoms with van der Waals surface area (Å²) in [7, 11) is 1.69. The SMILES string of the molecule is C=CCN1C(=O)/C(=C/c2c(C)c(C#N)c(=O)n(C)c2N2CCC(C)CC2)SC1=S. The highest BCUT2D eigenvalue weighted by molar-refractivity contribution is 8.26. The Labute approximate surface area is 180 Å². The van der Waals surface area contributed by atoms with E-state index in [9.17, 15) is 14.9 Å². The number of hydrogen-bond donors (Lipinski definition) is 0. The van der Waals surface area contributed by atoms with Gasteiger partial charge in [-0.2, -0.15) is 5.26 Å². The van der Waals surface area contributed by atoms with Gasteiger partial charge in [-0.25, -0.2) is 0 Å². The molecule has 1 amide bonds. The van der Waals surface area contributed by atoms with Crippen LogP contribution >= 0.6 is 24.0 Å². The molecule has 0 bridgehead atoms. The van der Waals surface area contributed by atoms with Crippen molar-refractivity contribution in [1.29, 1.82) is 5.26 Å². The summed E-state index contributed by atoms with van der Waals surface area (Å²) in [5.41, 5.74) is 1.12. The van der Waals surface area contributed by atoms with Crippen LogP contribution in [0.15, 0.2) is 22.4 Å². The average molecular weight is 429 g/mol. The number of carbonyl (C=O) groups excluding carboxylic acids is 1. The van der Waals surface area contributed by atoms with E-state index in [2.05, 4.69) is 18.4 Å². The monoisotopic (exact) mass is 428 g/mol. The van der Waals surface area contributed by atoms with E-state index < -0.39 is 0 Å². The Morgan fingerprint density at radius 1 is 1.34 bits per heavy atom. The number of hydrogen-bond acceptors (Lipinski definition) is 6. The molecule has 0 N–H and O–H groups in total. The van der Waals surface area contributed by atoms with Gasteiger partial charge in [0.05, 0.1) is 4.91 Å². The minimum absolute atomic E-state index is 0.106. The van der Waals surface area contributed by atoms with Crippen molar-refractivity contribution >= 4 is 46.1 Å². The summed E-state index contributed by atoms with van der Waals surface area (Å²) >= 11 is 6.57. The molecular weight excluding hydrogens is 404 g/mol. The predicted molar refractivity (Wildman–Crippen MR) is 122 cm³/mol. The third kappa shape index (κ3) is 3.89. The number of pyridine rings is 1. The van der Waals surface area contributed by atoms with Gasteiger partial charge in [-0.3, -0.25) is 19.1 Å². The van der Waals surface area contributed by atoms with Crippen LogP contribution in [-0.2, 0) is 11.8 Å². The molecule has 0 unspecified atom stereocenters. The van der Waals surface area contributed by atoms with Crippen LogP contribution in [0.5, 0.6) is 0 Å². The summed E-state index contributed by atoms with van der Waals surface area (Å²) in [5.74, 6) is 1.22. The molecule has 2 aliphatic rings. The van der Waals surface area contributed by atoms with Crippen molar-refractivity contribution in [2.45, 2.75) is 26.7 Å². The van der Waals surface area contributed by atoms with Crippen LogP contribution in [0, 0.1) is 24.2 Å². The van der Waals surface area contributed by atoms with Gasteiger partial charge >= 0.3 is 0 Å². The molecule has 3 rings (SSSR count). The Morgan fingerprint density at radius 2 is 2.00 bits per heavy atom. The fourth-order valence-corrected chi connectivity index (χ4v) is 4.99. The van der Waals surface area contributed by atoms with Crippen LogP contribution in [-0.4, -0.2) is 39.3 Å². The molecule has 29 heavy (non-hydrogen) atoms. The van der Waals surface area contributed by atoms with Gasteiger partial charge < -0.3 is 4.90 Å². The lowest BCUT2D eigenvalue weighted by Crippen LogP contribution is -2.38. The Kier molecular flexibility index (Phi) is 6.30. The summed E-state index contributed by atoms with van der Waals surface area (Å²) in [6, 6.07) is 2.03. The first-order chi connectivity index (χ1) is 13.8. The van der Waals surface area contributed by atoms with Crippen molar-refractivity contribution in [2.75, 3.05) is 24.5 Å². The Balaban J connectivity index is 2.17. The summed E-state index contributed by atoms with van der Waals surface area (Å²) in [4.78, 5) is 29.8. The number of anilines is 1. The van der Waals surface area contributed by atoms with Gasteiger partial charge in [0.15, 0.2) is 0 Å². The Morgan fingerprint density at radius 3 is 2.59 bits per heavy atom. The van der Waals surface area contributed by atoms with E-state index in [1.165, 1.54) is 21.2 Å². The Hall–Kier alpha value is -2.37. The predicted octanol–water partition coefficient (Wildman–Crippen LogP) is 3.19. The van der Waals surface area contributed by atoms with Crippen LogP contribution < -0.4 is 10.5 Å². The summed E-state index contributed by atoms with van der Waals surface area (Å²) < 4.78 is 2.02. The summed E-state index contributed by atoms with van der Waals surface area (Å²) in [6.07, 6.45) is 5.49. The minimum atomic E-state index is -0.310. The first-order valence-corrected chi connectivity index (χ1v) is 10.8. The second kappa shape index (κ2) is 8.56. The molecule has 0 aliphatic carbocycles. The number of aromatic nitrogens is 1. The number of thiocarbonyl (C=S) groups is 1. The zero-order chi connectivity index (χ0) is 21.3. The zero-order valence-electron chi connectivity index (χ0n) is 16.9. The second-order valence-electron chi connectivity index (χ2n) is 7.46.